The maximum atomic E-state index is 13.0. The van der Waals surface area contributed by atoms with Crippen molar-refractivity contribution in [1.82, 2.24) is 9.29 Å². The quantitative estimate of drug-likeness (QED) is 0.433. The number of aromatic nitrogens is 1. The SMILES string of the molecule is COCCN(CCOC)S(=O)(=O)c1ccc(C(=O)Nc2nc3c(Cl)cc(Cl)cc3s2)cc1. The molecule has 0 radical (unpaired) electrons. The number of nitrogens with one attached hydrogen (secondary N) is 1. The second kappa shape index (κ2) is 10.9. The number of benzene rings is 2. The first kappa shape index (κ1) is 24.8. The lowest BCUT2D eigenvalue weighted by atomic mass is 10.2. The fourth-order valence-electron chi connectivity index (χ4n) is 2.85. The van der Waals surface area contributed by atoms with Gasteiger partial charge < -0.3 is 9.47 Å². The summed E-state index contributed by atoms with van der Waals surface area (Å²) < 4.78 is 38.0. The van der Waals surface area contributed by atoms with Gasteiger partial charge >= 0.3 is 0 Å². The molecule has 0 bridgehead atoms. The fraction of sp³-hybridized carbons (Fsp3) is 0.300. The van der Waals surface area contributed by atoms with Gasteiger partial charge in [-0.15, -0.1) is 0 Å². The van der Waals surface area contributed by atoms with Gasteiger partial charge in [0, 0.05) is 37.9 Å². The first-order valence-corrected chi connectivity index (χ1v) is 12.4. The summed E-state index contributed by atoms with van der Waals surface area (Å²) >= 11 is 13.4. The van der Waals surface area contributed by atoms with Gasteiger partial charge in [-0.25, -0.2) is 13.4 Å². The van der Waals surface area contributed by atoms with Crippen molar-refractivity contribution in [2.45, 2.75) is 4.90 Å². The van der Waals surface area contributed by atoms with Crippen LogP contribution in [0.25, 0.3) is 10.2 Å². The molecule has 1 amide bonds. The summed E-state index contributed by atoms with van der Waals surface area (Å²) in [4.78, 5) is 17.0. The Kier molecular flexibility index (Phi) is 8.45. The van der Waals surface area contributed by atoms with Crippen molar-refractivity contribution in [3.8, 4) is 0 Å². The van der Waals surface area contributed by atoms with Crippen LogP contribution in [0.3, 0.4) is 0 Å². The summed E-state index contributed by atoms with van der Waals surface area (Å²) in [5.74, 6) is -0.425. The van der Waals surface area contributed by atoms with Crippen LogP contribution in [-0.2, 0) is 19.5 Å². The smallest absolute Gasteiger partial charge is 0.257 e. The predicted molar refractivity (Wildman–Crippen MR) is 127 cm³/mol. The number of ether oxygens (including phenoxy) is 2. The topological polar surface area (TPSA) is 97.8 Å². The van der Waals surface area contributed by atoms with E-state index in [2.05, 4.69) is 10.3 Å². The van der Waals surface area contributed by atoms with E-state index in [4.69, 9.17) is 32.7 Å². The van der Waals surface area contributed by atoms with Crippen molar-refractivity contribution in [2.24, 2.45) is 0 Å². The first-order chi connectivity index (χ1) is 15.3. The number of amides is 1. The zero-order valence-electron chi connectivity index (χ0n) is 17.3. The molecular formula is C20H21Cl2N3O5S2. The van der Waals surface area contributed by atoms with Crippen LogP contribution in [-0.4, -0.2) is 64.1 Å². The van der Waals surface area contributed by atoms with Gasteiger partial charge in [-0.2, -0.15) is 4.31 Å². The van der Waals surface area contributed by atoms with Crippen LogP contribution >= 0.6 is 34.5 Å². The number of thiazole rings is 1. The van der Waals surface area contributed by atoms with E-state index in [9.17, 15) is 13.2 Å². The van der Waals surface area contributed by atoms with E-state index in [1.807, 2.05) is 0 Å². The van der Waals surface area contributed by atoms with E-state index < -0.39 is 15.9 Å². The summed E-state index contributed by atoms with van der Waals surface area (Å²) in [6, 6.07) is 8.99. The third-order valence-corrected chi connectivity index (χ3v) is 7.81. The zero-order valence-corrected chi connectivity index (χ0v) is 20.4. The predicted octanol–water partition coefficient (Wildman–Crippen LogP) is 4.14. The summed E-state index contributed by atoms with van der Waals surface area (Å²) in [5, 5.41) is 3.93. The molecule has 12 heteroatoms. The molecule has 0 spiro atoms. The van der Waals surface area contributed by atoms with E-state index >= 15 is 0 Å². The van der Waals surface area contributed by atoms with Crippen LogP contribution in [0.5, 0.6) is 0 Å². The number of rotatable bonds is 10. The molecule has 0 saturated carbocycles. The highest BCUT2D eigenvalue weighted by Crippen LogP contribution is 2.33. The largest absolute Gasteiger partial charge is 0.383 e. The maximum Gasteiger partial charge on any atom is 0.257 e. The molecule has 3 rings (SSSR count). The third kappa shape index (κ3) is 5.76. The molecule has 0 atom stereocenters. The fourth-order valence-corrected chi connectivity index (χ4v) is 5.84. The number of carbonyl (C=O) groups excluding carboxylic acids is 1. The average molecular weight is 518 g/mol. The molecule has 1 N–H and O–H groups in total. The molecular weight excluding hydrogens is 497 g/mol. The van der Waals surface area contributed by atoms with Crippen molar-refractivity contribution < 1.29 is 22.7 Å². The highest BCUT2D eigenvalue weighted by Gasteiger charge is 2.24. The molecule has 0 unspecified atom stereocenters. The molecule has 32 heavy (non-hydrogen) atoms. The summed E-state index contributed by atoms with van der Waals surface area (Å²) in [6.45, 7) is 0.880. The van der Waals surface area contributed by atoms with Crippen molar-refractivity contribution in [1.29, 1.82) is 0 Å². The molecule has 3 aromatic rings. The van der Waals surface area contributed by atoms with E-state index in [-0.39, 0.29) is 36.8 Å². The van der Waals surface area contributed by atoms with E-state index in [0.717, 1.165) is 4.70 Å². The Balaban J connectivity index is 1.76. The van der Waals surface area contributed by atoms with Gasteiger partial charge in [0.05, 0.1) is 27.8 Å². The Bertz CT molecular complexity index is 1190. The first-order valence-electron chi connectivity index (χ1n) is 9.41. The second-order valence-electron chi connectivity index (χ2n) is 6.62. The minimum Gasteiger partial charge on any atom is -0.383 e. The summed E-state index contributed by atoms with van der Waals surface area (Å²) in [5.41, 5.74) is 0.831. The minimum atomic E-state index is -3.77. The van der Waals surface area contributed by atoms with Gasteiger partial charge in [0.15, 0.2) is 5.13 Å². The molecule has 8 nitrogen and oxygen atoms in total. The van der Waals surface area contributed by atoms with E-state index in [1.165, 1.54) is 54.1 Å². The molecule has 0 saturated heterocycles. The maximum absolute atomic E-state index is 13.0. The molecule has 0 aliphatic rings. The lowest BCUT2D eigenvalue weighted by molar-refractivity contribution is 0.102. The highest BCUT2D eigenvalue weighted by molar-refractivity contribution is 7.89. The third-order valence-electron chi connectivity index (χ3n) is 4.48. The standard InChI is InChI=1S/C20H21Cl2N3O5S2/c1-29-9-7-25(8-10-30-2)32(27,28)15-5-3-13(4-6-15)19(26)24-20-23-18-16(22)11-14(21)12-17(18)31-20/h3-6,11-12H,7-10H2,1-2H3,(H,23,24,26). The number of hydrogen-bond acceptors (Lipinski definition) is 7. The lowest BCUT2D eigenvalue weighted by Gasteiger charge is -2.21. The molecule has 0 aliphatic carbocycles. The minimum absolute atomic E-state index is 0.0719. The van der Waals surface area contributed by atoms with Crippen LogP contribution in [0.4, 0.5) is 5.13 Å². The van der Waals surface area contributed by atoms with Gasteiger partial charge in [-0.05, 0) is 36.4 Å². The van der Waals surface area contributed by atoms with Gasteiger partial charge in [0.1, 0.15) is 5.52 Å². The van der Waals surface area contributed by atoms with Crippen LogP contribution in [0.15, 0.2) is 41.3 Å². The van der Waals surface area contributed by atoms with Crippen molar-refractivity contribution in [3.63, 3.8) is 0 Å². The Morgan fingerprint density at radius 3 is 2.31 bits per heavy atom. The van der Waals surface area contributed by atoms with Crippen LogP contribution < -0.4 is 5.32 Å². The number of fused-ring (bicyclic) bond motifs is 1. The number of anilines is 1. The Hall–Kier alpha value is -1.79. The number of halogens is 2. The van der Waals surface area contributed by atoms with E-state index in [1.54, 1.807) is 12.1 Å². The number of methoxy groups -OCH3 is 2. The summed E-state index contributed by atoms with van der Waals surface area (Å²) in [6.07, 6.45) is 0. The Morgan fingerprint density at radius 1 is 1.09 bits per heavy atom. The van der Waals surface area contributed by atoms with Gasteiger partial charge in [-0.3, -0.25) is 10.1 Å². The zero-order chi connectivity index (χ0) is 23.3. The number of carbonyl (C=O) groups is 1. The van der Waals surface area contributed by atoms with Crippen LogP contribution in [0, 0.1) is 0 Å². The molecule has 0 fully saturated rings. The van der Waals surface area contributed by atoms with Crippen LogP contribution in [0.1, 0.15) is 10.4 Å². The second-order valence-corrected chi connectivity index (χ2v) is 10.4. The number of hydrogen-bond donors (Lipinski definition) is 1. The summed E-state index contributed by atoms with van der Waals surface area (Å²) in [7, 11) is -0.764. The normalized spacial score (nSPS) is 11.9. The number of sulfonamides is 1. The molecule has 172 valence electrons. The highest BCUT2D eigenvalue weighted by atomic mass is 35.5. The van der Waals surface area contributed by atoms with Gasteiger partial charge in [0.2, 0.25) is 10.0 Å². The molecule has 2 aromatic carbocycles. The van der Waals surface area contributed by atoms with Gasteiger partial charge in [-0.1, -0.05) is 34.5 Å². The van der Waals surface area contributed by atoms with Crippen molar-refractivity contribution >= 4 is 65.8 Å². The Morgan fingerprint density at radius 2 is 1.72 bits per heavy atom. The molecule has 1 aromatic heterocycles. The molecule has 1 heterocycles. The van der Waals surface area contributed by atoms with Crippen molar-refractivity contribution in [3.05, 3.63) is 52.0 Å². The monoisotopic (exact) mass is 517 g/mol. The van der Waals surface area contributed by atoms with Gasteiger partial charge in [0.25, 0.3) is 5.91 Å². The Labute approximate surface area is 200 Å². The van der Waals surface area contributed by atoms with E-state index in [0.29, 0.717) is 20.7 Å². The number of nitrogens with zero attached hydrogens (tertiary/aromatic N) is 2. The molecule has 0 aliphatic heterocycles. The average Bonchev–Trinajstić information content (AvgIpc) is 3.16. The van der Waals surface area contributed by atoms with Crippen LogP contribution in [0.2, 0.25) is 10.0 Å². The lowest BCUT2D eigenvalue weighted by Crippen LogP contribution is -2.36. The van der Waals surface area contributed by atoms with Crippen molar-refractivity contribution in [2.75, 3.05) is 45.8 Å².